The van der Waals surface area contributed by atoms with Crippen LogP contribution in [0.25, 0.3) is 0 Å². The minimum absolute atomic E-state index is 0.534. The van der Waals surface area contributed by atoms with Crippen LogP contribution in [0.1, 0.15) is 19.7 Å². The van der Waals surface area contributed by atoms with Crippen molar-refractivity contribution in [2.75, 3.05) is 39.6 Å². The summed E-state index contributed by atoms with van der Waals surface area (Å²) < 4.78 is 5.20. The first-order valence-corrected chi connectivity index (χ1v) is 6.31. The molecule has 0 atom stereocenters. The molecule has 1 heterocycles. The lowest BCUT2D eigenvalue weighted by Gasteiger charge is -2.12. The highest BCUT2D eigenvalue weighted by molar-refractivity contribution is 5.38. The second kappa shape index (κ2) is 7.16. The van der Waals surface area contributed by atoms with E-state index in [4.69, 9.17) is 4.74 Å². The minimum Gasteiger partial charge on any atom is -0.481 e. The van der Waals surface area contributed by atoms with Gasteiger partial charge in [-0.25, -0.2) is 4.98 Å². The number of nitrogens with one attached hydrogen (secondary N) is 1. The Morgan fingerprint density at radius 3 is 2.61 bits per heavy atom. The van der Waals surface area contributed by atoms with Crippen LogP contribution in [0.2, 0.25) is 0 Å². The molecule has 1 aromatic rings. The topological polar surface area (TPSA) is 50.3 Å². The third kappa shape index (κ3) is 5.31. The number of methoxy groups -OCH3 is 1. The Hall–Kier alpha value is -1.36. The highest BCUT2D eigenvalue weighted by Gasteiger charge is 2.06. The second-order valence-corrected chi connectivity index (χ2v) is 5.04. The molecule has 102 valence electrons. The summed E-state index contributed by atoms with van der Waals surface area (Å²) in [6.07, 6.45) is 0.861. The predicted octanol–water partition coefficient (Wildman–Crippen LogP) is 1.66. The summed E-state index contributed by atoms with van der Waals surface area (Å²) in [5.41, 5.74) is 0. The summed E-state index contributed by atoms with van der Waals surface area (Å²) in [6.45, 7) is 6.13. The Morgan fingerprint density at radius 2 is 2.06 bits per heavy atom. The molecular weight excluding hydrogens is 228 g/mol. The standard InChI is InChI=1S/C13H24N4O/c1-10(2)8-12-15-11(9-13(16-12)18-5)14-6-7-17(3)4/h9-10H,6-8H2,1-5H3,(H,14,15,16). The van der Waals surface area contributed by atoms with Crippen molar-refractivity contribution >= 4 is 5.82 Å². The summed E-state index contributed by atoms with van der Waals surface area (Å²) in [6, 6.07) is 1.83. The van der Waals surface area contributed by atoms with Gasteiger partial charge in [-0.2, -0.15) is 4.98 Å². The Balaban J connectivity index is 2.70. The molecule has 18 heavy (non-hydrogen) atoms. The van der Waals surface area contributed by atoms with Gasteiger partial charge in [-0.15, -0.1) is 0 Å². The van der Waals surface area contributed by atoms with Crippen LogP contribution >= 0.6 is 0 Å². The molecule has 0 saturated carbocycles. The quantitative estimate of drug-likeness (QED) is 0.800. The Labute approximate surface area is 110 Å². The fourth-order valence-corrected chi connectivity index (χ4v) is 1.53. The van der Waals surface area contributed by atoms with Crippen molar-refractivity contribution in [3.63, 3.8) is 0 Å². The minimum atomic E-state index is 0.534. The molecule has 5 nitrogen and oxygen atoms in total. The molecule has 1 aromatic heterocycles. The summed E-state index contributed by atoms with van der Waals surface area (Å²) in [7, 11) is 5.73. The second-order valence-electron chi connectivity index (χ2n) is 5.04. The lowest BCUT2D eigenvalue weighted by molar-refractivity contribution is 0.393. The molecule has 5 heteroatoms. The van der Waals surface area contributed by atoms with Gasteiger partial charge in [0.15, 0.2) is 0 Å². The van der Waals surface area contributed by atoms with Crippen molar-refractivity contribution in [1.29, 1.82) is 0 Å². The van der Waals surface area contributed by atoms with Crippen molar-refractivity contribution in [3.05, 3.63) is 11.9 Å². The number of hydrogen-bond donors (Lipinski definition) is 1. The molecule has 1 rings (SSSR count). The number of hydrogen-bond acceptors (Lipinski definition) is 5. The van der Waals surface area contributed by atoms with Gasteiger partial charge in [-0.3, -0.25) is 0 Å². The van der Waals surface area contributed by atoms with E-state index in [9.17, 15) is 0 Å². The maximum Gasteiger partial charge on any atom is 0.218 e. The number of aromatic nitrogens is 2. The van der Waals surface area contributed by atoms with Crippen molar-refractivity contribution in [3.8, 4) is 5.88 Å². The van der Waals surface area contributed by atoms with Crippen molar-refractivity contribution < 1.29 is 4.74 Å². The molecule has 0 amide bonds. The Bertz CT molecular complexity index is 366. The average molecular weight is 252 g/mol. The molecule has 0 aliphatic rings. The Morgan fingerprint density at radius 1 is 1.33 bits per heavy atom. The van der Waals surface area contributed by atoms with Gasteiger partial charge in [0, 0.05) is 25.6 Å². The normalized spacial score (nSPS) is 11.1. The maximum absolute atomic E-state index is 5.20. The molecule has 1 N–H and O–H groups in total. The molecule has 0 fully saturated rings. The number of anilines is 1. The molecule has 0 aliphatic carbocycles. The van der Waals surface area contributed by atoms with Gasteiger partial charge < -0.3 is 15.0 Å². The average Bonchev–Trinajstić information content (AvgIpc) is 2.27. The molecule has 0 saturated heterocycles. The van der Waals surface area contributed by atoms with Crippen LogP contribution < -0.4 is 10.1 Å². The fraction of sp³-hybridized carbons (Fsp3) is 0.692. The van der Waals surface area contributed by atoms with Crippen molar-refractivity contribution in [2.45, 2.75) is 20.3 Å². The van der Waals surface area contributed by atoms with Crippen LogP contribution in [0.15, 0.2) is 6.07 Å². The van der Waals surface area contributed by atoms with E-state index in [0.717, 1.165) is 31.2 Å². The Kier molecular flexibility index (Phi) is 5.85. The number of likely N-dealkylation sites (N-methyl/N-ethyl adjacent to an activating group) is 1. The summed E-state index contributed by atoms with van der Waals surface area (Å²) in [5, 5.41) is 3.29. The fourth-order valence-electron chi connectivity index (χ4n) is 1.53. The third-order valence-electron chi connectivity index (χ3n) is 2.41. The van der Waals surface area contributed by atoms with Gasteiger partial charge in [-0.1, -0.05) is 13.8 Å². The zero-order valence-electron chi connectivity index (χ0n) is 12.0. The van der Waals surface area contributed by atoms with E-state index in [-0.39, 0.29) is 0 Å². The van der Waals surface area contributed by atoms with E-state index >= 15 is 0 Å². The lowest BCUT2D eigenvalue weighted by atomic mass is 10.1. The highest BCUT2D eigenvalue weighted by Crippen LogP contribution is 2.15. The highest BCUT2D eigenvalue weighted by atomic mass is 16.5. The zero-order valence-corrected chi connectivity index (χ0v) is 12.0. The molecule has 0 aromatic carbocycles. The smallest absolute Gasteiger partial charge is 0.218 e. The van der Waals surface area contributed by atoms with E-state index in [1.54, 1.807) is 7.11 Å². The van der Waals surface area contributed by atoms with E-state index in [0.29, 0.717) is 11.8 Å². The van der Waals surface area contributed by atoms with Crippen LogP contribution in [-0.2, 0) is 6.42 Å². The summed E-state index contributed by atoms with van der Waals surface area (Å²) in [5.74, 6) is 2.82. The number of rotatable bonds is 7. The zero-order chi connectivity index (χ0) is 13.5. The third-order valence-corrected chi connectivity index (χ3v) is 2.41. The van der Waals surface area contributed by atoms with E-state index in [1.165, 1.54) is 0 Å². The van der Waals surface area contributed by atoms with Crippen molar-refractivity contribution in [2.24, 2.45) is 5.92 Å². The molecule has 0 aliphatic heterocycles. The maximum atomic E-state index is 5.20. The van der Waals surface area contributed by atoms with E-state index in [1.807, 2.05) is 20.2 Å². The van der Waals surface area contributed by atoms with Gasteiger partial charge in [-0.05, 0) is 20.0 Å². The van der Waals surface area contributed by atoms with Crippen LogP contribution in [0.4, 0.5) is 5.82 Å². The lowest BCUT2D eigenvalue weighted by Crippen LogP contribution is -2.21. The van der Waals surface area contributed by atoms with Crippen LogP contribution in [0.5, 0.6) is 5.88 Å². The van der Waals surface area contributed by atoms with Gasteiger partial charge in [0.1, 0.15) is 11.6 Å². The van der Waals surface area contributed by atoms with Gasteiger partial charge in [0.25, 0.3) is 0 Å². The summed E-state index contributed by atoms with van der Waals surface area (Å²) in [4.78, 5) is 11.0. The first-order chi connectivity index (χ1) is 8.51. The predicted molar refractivity (Wildman–Crippen MR) is 74.2 cm³/mol. The number of ether oxygens (including phenoxy) is 1. The van der Waals surface area contributed by atoms with Gasteiger partial charge >= 0.3 is 0 Å². The van der Waals surface area contributed by atoms with Crippen LogP contribution in [0.3, 0.4) is 0 Å². The first kappa shape index (κ1) is 14.7. The molecule has 0 bridgehead atoms. The van der Waals surface area contributed by atoms with Crippen LogP contribution in [0, 0.1) is 5.92 Å². The van der Waals surface area contributed by atoms with Gasteiger partial charge in [0.05, 0.1) is 7.11 Å². The molecule has 0 unspecified atom stereocenters. The molecule has 0 radical (unpaired) electrons. The van der Waals surface area contributed by atoms with E-state index in [2.05, 4.69) is 34.0 Å². The molecular formula is C13H24N4O. The largest absolute Gasteiger partial charge is 0.481 e. The van der Waals surface area contributed by atoms with Gasteiger partial charge in [0.2, 0.25) is 5.88 Å². The molecule has 0 spiro atoms. The first-order valence-electron chi connectivity index (χ1n) is 6.31. The summed E-state index contributed by atoms with van der Waals surface area (Å²) >= 11 is 0. The monoisotopic (exact) mass is 252 g/mol. The van der Waals surface area contributed by atoms with E-state index < -0.39 is 0 Å². The van der Waals surface area contributed by atoms with Crippen molar-refractivity contribution in [1.82, 2.24) is 14.9 Å². The van der Waals surface area contributed by atoms with Crippen LogP contribution in [-0.4, -0.2) is 49.2 Å². The number of nitrogens with zero attached hydrogens (tertiary/aromatic N) is 3. The SMILES string of the molecule is COc1cc(NCCN(C)C)nc(CC(C)C)n1.